The average molecular weight is 345 g/mol. The first kappa shape index (κ1) is 17.4. The van der Waals surface area contributed by atoms with Crippen molar-refractivity contribution >= 4 is 17.6 Å². The number of carbonyl (C=O) groups excluding carboxylic acids is 2. The van der Waals surface area contributed by atoms with Crippen molar-refractivity contribution in [1.29, 1.82) is 0 Å². The molecule has 3 aromatic rings. The molecule has 1 amide bonds. The fraction of sp³-hybridized carbons (Fsp3) is 0.0909. The van der Waals surface area contributed by atoms with E-state index in [0.29, 0.717) is 16.8 Å². The Labute approximate surface area is 152 Å². The average Bonchev–Trinajstić information content (AvgIpc) is 2.68. The number of hydrogen-bond donors (Lipinski definition) is 1. The summed E-state index contributed by atoms with van der Waals surface area (Å²) in [5.74, 6) is -0.137. The second kappa shape index (κ2) is 8.12. The number of nitrogens with one attached hydrogen (secondary N) is 1. The van der Waals surface area contributed by atoms with Crippen molar-refractivity contribution in [2.24, 2.45) is 0 Å². The molecule has 3 rings (SSSR count). The molecule has 0 saturated carbocycles. The molecule has 130 valence electrons. The maximum atomic E-state index is 12.9. The molecule has 0 aliphatic rings. The third kappa shape index (κ3) is 4.16. The molecular formula is C22H19NO3. The zero-order chi connectivity index (χ0) is 18.4. The number of ketones is 1. The minimum atomic E-state index is -0.596. The Balaban J connectivity index is 1.77. The van der Waals surface area contributed by atoms with Crippen LogP contribution in [-0.4, -0.2) is 11.9 Å². The monoisotopic (exact) mass is 345 g/mol. The van der Waals surface area contributed by atoms with Crippen LogP contribution in [0.3, 0.4) is 0 Å². The number of ether oxygens (including phenoxy) is 1. The Morgan fingerprint density at radius 1 is 0.846 bits per heavy atom. The van der Waals surface area contributed by atoms with Crippen molar-refractivity contribution < 1.29 is 14.3 Å². The summed E-state index contributed by atoms with van der Waals surface area (Å²) in [6, 6.07) is 23.8. The highest BCUT2D eigenvalue weighted by Gasteiger charge is 2.18. The van der Waals surface area contributed by atoms with Gasteiger partial charge in [-0.2, -0.15) is 0 Å². The first-order chi connectivity index (χ1) is 12.6. The van der Waals surface area contributed by atoms with Gasteiger partial charge in [-0.15, -0.1) is 0 Å². The lowest BCUT2D eigenvalue weighted by Crippen LogP contribution is -2.17. The van der Waals surface area contributed by atoms with Crippen molar-refractivity contribution in [3.05, 3.63) is 101 Å². The van der Waals surface area contributed by atoms with Gasteiger partial charge in [-0.25, -0.2) is 4.79 Å². The standard InChI is InChI=1S/C22H19NO3/c1-16-9-8-14-19(20(16)21(24)18-12-6-3-7-13-18)23-22(25)26-15-17-10-4-2-5-11-17/h2-14H,15H2,1H3,(H,23,25). The number of amides is 1. The lowest BCUT2D eigenvalue weighted by Gasteiger charge is -2.13. The van der Waals surface area contributed by atoms with E-state index in [9.17, 15) is 9.59 Å². The number of carbonyl (C=O) groups is 2. The number of benzene rings is 3. The predicted octanol–water partition coefficient (Wildman–Crippen LogP) is 4.97. The molecule has 4 heteroatoms. The van der Waals surface area contributed by atoms with Crippen molar-refractivity contribution in [2.75, 3.05) is 5.32 Å². The highest BCUT2D eigenvalue weighted by Crippen LogP contribution is 2.23. The van der Waals surface area contributed by atoms with E-state index < -0.39 is 6.09 Å². The van der Waals surface area contributed by atoms with E-state index in [1.54, 1.807) is 24.3 Å². The topological polar surface area (TPSA) is 55.4 Å². The predicted molar refractivity (Wildman–Crippen MR) is 101 cm³/mol. The number of aryl methyl sites for hydroxylation is 1. The minimum absolute atomic E-state index is 0.137. The van der Waals surface area contributed by atoms with E-state index in [1.807, 2.05) is 61.5 Å². The Morgan fingerprint density at radius 2 is 1.50 bits per heavy atom. The smallest absolute Gasteiger partial charge is 0.411 e. The van der Waals surface area contributed by atoms with Gasteiger partial charge in [-0.1, -0.05) is 72.8 Å². The third-order valence-electron chi connectivity index (χ3n) is 3.99. The summed E-state index contributed by atoms with van der Waals surface area (Å²) in [4.78, 5) is 25.0. The van der Waals surface area contributed by atoms with Crippen LogP contribution < -0.4 is 5.32 Å². The summed E-state index contributed by atoms with van der Waals surface area (Å²) in [7, 11) is 0. The molecule has 4 nitrogen and oxygen atoms in total. The molecule has 3 aromatic carbocycles. The Hall–Kier alpha value is -3.40. The second-order valence-electron chi connectivity index (χ2n) is 5.88. The van der Waals surface area contributed by atoms with Crippen LogP contribution in [0.25, 0.3) is 0 Å². The molecule has 1 N–H and O–H groups in total. The van der Waals surface area contributed by atoms with Gasteiger partial charge in [0.05, 0.1) is 5.69 Å². The van der Waals surface area contributed by atoms with Crippen LogP contribution in [-0.2, 0) is 11.3 Å². The summed E-state index contributed by atoms with van der Waals surface area (Å²) in [6.07, 6.45) is -0.596. The van der Waals surface area contributed by atoms with Crippen molar-refractivity contribution in [3.8, 4) is 0 Å². The van der Waals surface area contributed by atoms with Gasteiger partial charge < -0.3 is 4.74 Å². The van der Waals surface area contributed by atoms with E-state index in [-0.39, 0.29) is 12.4 Å². The summed E-state index contributed by atoms with van der Waals surface area (Å²) in [5.41, 5.74) is 3.17. The molecule has 0 aliphatic heterocycles. The first-order valence-corrected chi connectivity index (χ1v) is 8.32. The van der Waals surface area contributed by atoms with Gasteiger partial charge in [0.2, 0.25) is 0 Å². The Morgan fingerprint density at radius 3 is 2.19 bits per heavy atom. The fourth-order valence-electron chi connectivity index (χ4n) is 2.68. The normalized spacial score (nSPS) is 10.2. The molecule has 0 aromatic heterocycles. The molecule has 0 atom stereocenters. The van der Waals surface area contributed by atoms with Crippen LogP contribution in [0.1, 0.15) is 27.0 Å². The molecule has 0 aliphatic carbocycles. The number of rotatable bonds is 5. The molecular weight excluding hydrogens is 326 g/mol. The van der Waals surface area contributed by atoms with E-state index in [1.165, 1.54) is 0 Å². The van der Waals surface area contributed by atoms with Crippen LogP contribution in [0.2, 0.25) is 0 Å². The lowest BCUT2D eigenvalue weighted by molar-refractivity contribution is 0.103. The van der Waals surface area contributed by atoms with E-state index in [0.717, 1.165) is 11.1 Å². The van der Waals surface area contributed by atoms with Crippen LogP contribution in [0.15, 0.2) is 78.9 Å². The van der Waals surface area contributed by atoms with Crippen LogP contribution >= 0.6 is 0 Å². The Kier molecular flexibility index (Phi) is 5.44. The molecule has 0 heterocycles. The Bertz CT molecular complexity index is 905. The number of hydrogen-bond acceptors (Lipinski definition) is 3. The van der Waals surface area contributed by atoms with Crippen molar-refractivity contribution in [3.63, 3.8) is 0 Å². The van der Waals surface area contributed by atoms with Gasteiger partial charge in [-0.3, -0.25) is 10.1 Å². The highest BCUT2D eigenvalue weighted by molar-refractivity contribution is 6.14. The van der Waals surface area contributed by atoms with E-state index >= 15 is 0 Å². The second-order valence-corrected chi connectivity index (χ2v) is 5.88. The van der Waals surface area contributed by atoms with Gasteiger partial charge in [-0.05, 0) is 24.1 Å². The summed E-state index contributed by atoms with van der Waals surface area (Å²) in [5, 5.41) is 2.69. The molecule has 0 unspecified atom stereocenters. The van der Waals surface area contributed by atoms with Crippen LogP contribution in [0.5, 0.6) is 0 Å². The van der Waals surface area contributed by atoms with Gasteiger partial charge in [0, 0.05) is 11.1 Å². The van der Waals surface area contributed by atoms with E-state index in [4.69, 9.17) is 4.74 Å². The fourth-order valence-corrected chi connectivity index (χ4v) is 2.68. The maximum Gasteiger partial charge on any atom is 0.411 e. The molecule has 26 heavy (non-hydrogen) atoms. The quantitative estimate of drug-likeness (QED) is 0.664. The summed E-state index contributed by atoms with van der Waals surface area (Å²) in [6.45, 7) is 2.01. The largest absolute Gasteiger partial charge is 0.444 e. The molecule has 0 bridgehead atoms. The number of anilines is 1. The third-order valence-corrected chi connectivity index (χ3v) is 3.99. The molecule has 0 fully saturated rings. The van der Waals surface area contributed by atoms with Gasteiger partial charge >= 0.3 is 6.09 Å². The van der Waals surface area contributed by atoms with Crippen LogP contribution in [0.4, 0.5) is 10.5 Å². The van der Waals surface area contributed by atoms with Crippen LogP contribution in [0, 0.1) is 6.92 Å². The van der Waals surface area contributed by atoms with E-state index in [2.05, 4.69) is 5.32 Å². The zero-order valence-electron chi connectivity index (χ0n) is 14.4. The lowest BCUT2D eigenvalue weighted by atomic mass is 9.97. The highest BCUT2D eigenvalue weighted by atomic mass is 16.5. The van der Waals surface area contributed by atoms with Gasteiger partial charge in [0.25, 0.3) is 0 Å². The van der Waals surface area contributed by atoms with Crippen molar-refractivity contribution in [2.45, 2.75) is 13.5 Å². The minimum Gasteiger partial charge on any atom is -0.444 e. The summed E-state index contributed by atoms with van der Waals surface area (Å²) >= 11 is 0. The van der Waals surface area contributed by atoms with Gasteiger partial charge in [0.15, 0.2) is 5.78 Å². The zero-order valence-corrected chi connectivity index (χ0v) is 14.4. The van der Waals surface area contributed by atoms with Crippen molar-refractivity contribution in [1.82, 2.24) is 0 Å². The summed E-state index contributed by atoms with van der Waals surface area (Å²) < 4.78 is 5.25. The molecule has 0 radical (unpaired) electrons. The molecule has 0 saturated heterocycles. The maximum absolute atomic E-state index is 12.9. The van der Waals surface area contributed by atoms with Gasteiger partial charge in [0.1, 0.15) is 6.61 Å². The SMILES string of the molecule is Cc1cccc(NC(=O)OCc2ccccc2)c1C(=O)c1ccccc1. The molecule has 0 spiro atoms. The first-order valence-electron chi connectivity index (χ1n) is 8.32.